The molecule has 2 saturated heterocycles. The largest absolute Gasteiger partial charge is 0.379 e. The lowest BCUT2D eigenvalue weighted by Crippen LogP contribution is -2.54. The van der Waals surface area contributed by atoms with Crippen molar-refractivity contribution in [2.24, 2.45) is 0 Å². The molecule has 0 N–H and O–H groups in total. The molecule has 0 bridgehead atoms. The molecule has 49 heavy (non-hydrogen) atoms. The minimum Gasteiger partial charge on any atom is -0.379 e. The Morgan fingerprint density at radius 1 is 1.04 bits per heavy atom. The molecular weight excluding hydrogens is 663 g/mol. The van der Waals surface area contributed by atoms with Crippen molar-refractivity contribution in [2.45, 2.75) is 24.9 Å². The van der Waals surface area contributed by atoms with Gasteiger partial charge in [-0.25, -0.2) is 40.9 Å². The number of rotatable bonds is 7. The molecule has 2 fully saturated rings. The SMILES string of the molecule is Cc1ccnc(S(C)(=O)=O)c1-n1c(=O)nc(N2CCN(C(=O)/C=C/CN3CCOCC3)C[C@@H]2C)c2cc(F)c(-c3c(F)cccc3F)nc21. The number of amides is 1. The highest BCUT2D eigenvalue weighted by Crippen LogP contribution is 2.34. The van der Waals surface area contributed by atoms with E-state index in [1.165, 1.54) is 18.3 Å². The van der Waals surface area contributed by atoms with Crippen LogP contribution in [0.25, 0.3) is 28.0 Å². The lowest BCUT2D eigenvalue weighted by atomic mass is 10.1. The van der Waals surface area contributed by atoms with Crippen molar-refractivity contribution in [1.82, 2.24) is 29.3 Å². The summed E-state index contributed by atoms with van der Waals surface area (Å²) in [5, 5.41) is -0.477. The first kappa shape index (κ1) is 34.2. The van der Waals surface area contributed by atoms with E-state index in [1.54, 1.807) is 16.7 Å². The fourth-order valence-electron chi connectivity index (χ4n) is 6.16. The Labute approximate surface area is 280 Å². The molecule has 0 saturated carbocycles. The topological polar surface area (TPSA) is 131 Å². The summed E-state index contributed by atoms with van der Waals surface area (Å²) in [7, 11) is -4.02. The number of carbonyl (C=O) groups is 1. The number of aromatic nitrogens is 4. The van der Waals surface area contributed by atoms with Gasteiger partial charge in [-0.05, 0) is 43.7 Å². The number of hydrogen-bond acceptors (Lipinski definition) is 10. The molecule has 0 spiro atoms. The third-order valence-electron chi connectivity index (χ3n) is 8.61. The summed E-state index contributed by atoms with van der Waals surface area (Å²) in [4.78, 5) is 45.2. The molecular formula is C33H34F3N7O5S. The molecule has 0 radical (unpaired) electrons. The van der Waals surface area contributed by atoms with Crippen molar-refractivity contribution in [2.75, 3.05) is 63.6 Å². The zero-order valence-electron chi connectivity index (χ0n) is 27.1. The number of nitrogens with zero attached hydrogens (tertiary/aromatic N) is 7. The second-order valence-corrected chi connectivity index (χ2v) is 14.0. The number of hydrogen-bond donors (Lipinski definition) is 0. The van der Waals surface area contributed by atoms with Gasteiger partial charge in [-0.15, -0.1) is 0 Å². The molecule has 3 aromatic heterocycles. The maximum atomic E-state index is 15.9. The predicted octanol–water partition coefficient (Wildman–Crippen LogP) is 2.90. The first-order valence-corrected chi connectivity index (χ1v) is 17.5. The van der Waals surface area contributed by atoms with E-state index >= 15 is 4.39 Å². The van der Waals surface area contributed by atoms with Gasteiger partial charge in [-0.3, -0.25) is 9.69 Å². The predicted molar refractivity (Wildman–Crippen MR) is 176 cm³/mol. The molecule has 1 atom stereocenters. The fourth-order valence-corrected chi connectivity index (χ4v) is 7.01. The highest BCUT2D eigenvalue weighted by atomic mass is 32.2. The second kappa shape index (κ2) is 13.7. The van der Waals surface area contributed by atoms with Gasteiger partial charge in [0.2, 0.25) is 5.91 Å². The molecule has 2 aliphatic heterocycles. The maximum Gasteiger partial charge on any atom is 0.355 e. The minimum absolute atomic E-state index is 0.0164. The highest BCUT2D eigenvalue weighted by Gasteiger charge is 2.32. The van der Waals surface area contributed by atoms with Crippen LogP contribution in [0.5, 0.6) is 0 Å². The van der Waals surface area contributed by atoms with Crippen LogP contribution in [0.3, 0.4) is 0 Å². The number of fused-ring (bicyclic) bond motifs is 1. The summed E-state index contributed by atoms with van der Waals surface area (Å²) in [5.41, 5.74) is -2.60. The molecule has 4 aromatic rings. The summed E-state index contributed by atoms with van der Waals surface area (Å²) in [5.74, 6) is -3.43. The maximum absolute atomic E-state index is 15.9. The van der Waals surface area contributed by atoms with E-state index in [0.717, 1.165) is 48.2 Å². The Balaban J connectivity index is 1.45. The van der Waals surface area contributed by atoms with Crippen LogP contribution < -0.4 is 10.6 Å². The molecule has 0 aliphatic carbocycles. The van der Waals surface area contributed by atoms with Crippen molar-refractivity contribution in [3.8, 4) is 16.9 Å². The fraction of sp³-hybridized carbons (Fsp3) is 0.364. The smallest absolute Gasteiger partial charge is 0.355 e. The van der Waals surface area contributed by atoms with Crippen LogP contribution in [-0.4, -0.2) is 108 Å². The van der Waals surface area contributed by atoms with Crippen molar-refractivity contribution in [3.63, 3.8) is 0 Å². The number of anilines is 1. The molecule has 6 rings (SSSR count). The van der Waals surface area contributed by atoms with E-state index in [1.807, 2.05) is 13.0 Å². The number of halogens is 3. The number of aryl methyl sites for hydroxylation is 1. The van der Waals surface area contributed by atoms with Gasteiger partial charge in [0.25, 0.3) is 0 Å². The number of piperazine rings is 1. The molecule has 12 nitrogen and oxygen atoms in total. The van der Waals surface area contributed by atoms with E-state index in [9.17, 15) is 26.8 Å². The third kappa shape index (κ3) is 6.80. The number of morpholine rings is 1. The van der Waals surface area contributed by atoms with Crippen molar-refractivity contribution >= 4 is 32.6 Å². The van der Waals surface area contributed by atoms with Crippen LogP contribution in [0.2, 0.25) is 0 Å². The zero-order chi connectivity index (χ0) is 35.0. The van der Waals surface area contributed by atoms with Crippen LogP contribution in [-0.2, 0) is 19.4 Å². The number of benzene rings is 1. The molecule has 2 aliphatic rings. The summed E-state index contributed by atoms with van der Waals surface area (Å²) in [6.45, 7) is 7.57. The number of pyridine rings is 2. The summed E-state index contributed by atoms with van der Waals surface area (Å²) < 4.78 is 77.6. The van der Waals surface area contributed by atoms with Gasteiger partial charge >= 0.3 is 5.69 Å². The first-order chi connectivity index (χ1) is 23.3. The van der Waals surface area contributed by atoms with E-state index in [4.69, 9.17) is 4.74 Å². The Hall–Kier alpha value is -4.67. The van der Waals surface area contributed by atoms with E-state index in [-0.39, 0.29) is 48.1 Å². The summed E-state index contributed by atoms with van der Waals surface area (Å²) in [6.07, 6.45) is 5.53. The Morgan fingerprint density at radius 3 is 2.43 bits per heavy atom. The van der Waals surface area contributed by atoms with Crippen molar-refractivity contribution in [1.29, 1.82) is 0 Å². The van der Waals surface area contributed by atoms with Gasteiger partial charge in [-0.2, -0.15) is 4.98 Å². The van der Waals surface area contributed by atoms with Crippen LogP contribution in [0.1, 0.15) is 12.5 Å². The van der Waals surface area contributed by atoms with E-state index in [0.29, 0.717) is 25.3 Å². The molecule has 1 aromatic carbocycles. The minimum atomic E-state index is -4.02. The van der Waals surface area contributed by atoms with Crippen LogP contribution >= 0.6 is 0 Å². The summed E-state index contributed by atoms with van der Waals surface area (Å²) >= 11 is 0. The van der Waals surface area contributed by atoms with Crippen LogP contribution in [0, 0.1) is 24.4 Å². The van der Waals surface area contributed by atoms with Gasteiger partial charge in [-0.1, -0.05) is 12.1 Å². The highest BCUT2D eigenvalue weighted by molar-refractivity contribution is 7.90. The average molecular weight is 698 g/mol. The van der Waals surface area contributed by atoms with Gasteiger partial charge < -0.3 is 14.5 Å². The third-order valence-corrected chi connectivity index (χ3v) is 9.61. The van der Waals surface area contributed by atoms with Crippen molar-refractivity contribution < 1.29 is 31.1 Å². The Bertz CT molecular complexity index is 2120. The van der Waals surface area contributed by atoms with Gasteiger partial charge in [0.05, 0.1) is 29.9 Å². The van der Waals surface area contributed by atoms with E-state index < -0.39 is 55.3 Å². The van der Waals surface area contributed by atoms with Crippen molar-refractivity contribution in [3.05, 3.63) is 82.2 Å². The van der Waals surface area contributed by atoms with Crippen LogP contribution in [0.15, 0.2) is 58.5 Å². The van der Waals surface area contributed by atoms with Gasteiger partial charge in [0, 0.05) is 63.8 Å². The second-order valence-electron chi connectivity index (χ2n) is 12.0. The van der Waals surface area contributed by atoms with Gasteiger partial charge in [0.15, 0.2) is 26.3 Å². The summed E-state index contributed by atoms with van der Waals surface area (Å²) in [6, 6.07) is 5.06. The van der Waals surface area contributed by atoms with Gasteiger partial charge in [0.1, 0.15) is 23.1 Å². The molecule has 0 unspecified atom stereocenters. The lowest BCUT2D eigenvalue weighted by Gasteiger charge is -2.40. The first-order valence-electron chi connectivity index (χ1n) is 15.6. The normalized spacial score (nSPS) is 17.7. The number of sulfone groups is 1. The Morgan fingerprint density at radius 2 is 1.76 bits per heavy atom. The zero-order valence-corrected chi connectivity index (χ0v) is 27.9. The monoisotopic (exact) mass is 697 g/mol. The van der Waals surface area contributed by atoms with Crippen LogP contribution in [0.4, 0.5) is 19.0 Å². The Kier molecular flexibility index (Phi) is 9.55. The lowest BCUT2D eigenvalue weighted by molar-refractivity contribution is -0.126. The number of carbonyl (C=O) groups excluding carboxylic acids is 1. The standard InChI is InChI=1S/C33H34F3N7O5S/c1-20-9-10-37-32(49(3,46)47)29(20)43-31-22(18-25(36)28(38-31)27-23(34)6-4-7-24(27)35)30(39-33(43)45)42-13-12-41(19-21(42)2)26(44)8-5-11-40-14-16-48-17-15-40/h4-10,18,21H,11-17,19H2,1-3H3/b8-5+/t21-/m0/s1. The number of ether oxygens (including phenoxy) is 1. The molecule has 1 amide bonds. The quantitative estimate of drug-likeness (QED) is 0.266. The molecule has 16 heteroatoms. The molecule has 258 valence electrons. The van der Waals surface area contributed by atoms with E-state index in [2.05, 4.69) is 19.9 Å². The average Bonchev–Trinajstić information content (AvgIpc) is 3.05. The molecule has 5 heterocycles.